The second-order valence-corrected chi connectivity index (χ2v) is 9.95. The van der Waals surface area contributed by atoms with Crippen molar-refractivity contribution in [1.82, 2.24) is 0 Å². The van der Waals surface area contributed by atoms with E-state index in [2.05, 4.69) is 26.1 Å². The lowest BCUT2D eigenvalue weighted by molar-refractivity contribution is -0.167. The first-order valence-corrected chi connectivity index (χ1v) is 11.3. The van der Waals surface area contributed by atoms with Gasteiger partial charge in [-0.05, 0) is 55.2 Å². The van der Waals surface area contributed by atoms with Gasteiger partial charge in [0.15, 0.2) is 0 Å². The molecule has 0 aliphatic heterocycles. The third-order valence-electron chi connectivity index (χ3n) is 5.64. The number of fused-ring (bicyclic) bond motifs is 1. The van der Waals surface area contributed by atoms with Gasteiger partial charge in [0.2, 0.25) is 0 Å². The van der Waals surface area contributed by atoms with E-state index in [9.17, 15) is 22.8 Å². The number of carbonyl (C=O) groups is 2. The van der Waals surface area contributed by atoms with Crippen molar-refractivity contribution < 1.29 is 27.5 Å². The Kier molecular flexibility index (Phi) is 6.88. The van der Waals surface area contributed by atoms with Crippen LogP contribution >= 0.6 is 11.3 Å². The summed E-state index contributed by atoms with van der Waals surface area (Å²) in [5.41, 5.74) is 1.24. The third kappa shape index (κ3) is 5.26. The van der Waals surface area contributed by atoms with Crippen molar-refractivity contribution in [3.63, 3.8) is 0 Å². The Hall–Kier alpha value is -2.55. The van der Waals surface area contributed by atoms with Crippen LogP contribution in [0.1, 0.15) is 54.9 Å². The van der Waals surface area contributed by atoms with Gasteiger partial charge in [0, 0.05) is 4.88 Å². The fourth-order valence-corrected chi connectivity index (χ4v) is 5.18. The number of ether oxygens (including phenoxy) is 1. The largest absolute Gasteiger partial charge is 0.492 e. The van der Waals surface area contributed by atoms with Gasteiger partial charge in [-0.3, -0.25) is 9.59 Å². The fraction of sp³-hybridized carbons (Fsp3) is 0.478. The average Bonchev–Trinajstić information content (AvgIpc) is 3.05. The molecule has 1 heterocycles. The zero-order chi connectivity index (χ0) is 23.7. The van der Waals surface area contributed by atoms with Crippen LogP contribution in [0.2, 0.25) is 0 Å². The van der Waals surface area contributed by atoms with Crippen LogP contribution in [0.25, 0.3) is 0 Å². The summed E-state index contributed by atoms with van der Waals surface area (Å²) in [6.07, 6.45) is -3.02. The molecule has 1 atom stereocenters. The molecule has 0 unspecified atom stereocenters. The van der Waals surface area contributed by atoms with Crippen molar-refractivity contribution in [2.45, 2.75) is 53.1 Å². The molecular formula is C23H27F3N2O3S. The fourth-order valence-electron chi connectivity index (χ4n) is 3.86. The van der Waals surface area contributed by atoms with Crippen molar-refractivity contribution in [2.24, 2.45) is 11.3 Å². The zero-order valence-electron chi connectivity index (χ0n) is 18.5. The van der Waals surface area contributed by atoms with E-state index in [4.69, 9.17) is 4.74 Å². The van der Waals surface area contributed by atoms with E-state index in [1.54, 1.807) is 24.3 Å². The summed E-state index contributed by atoms with van der Waals surface area (Å²) in [7, 11) is 0. The quantitative estimate of drug-likeness (QED) is 0.561. The molecule has 2 amide bonds. The highest BCUT2D eigenvalue weighted by atomic mass is 32.1. The van der Waals surface area contributed by atoms with Gasteiger partial charge in [-0.2, -0.15) is 13.2 Å². The van der Waals surface area contributed by atoms with Crippen LogP contribution in [0.3, 0.4) is 0 Å². The van der Waals surface area contributed by atoms with Crippen LogP contribution in [0, 0.1) is 11.3 Å². The number of hydrogen-bond donors (Lipinski definition) is 2. The summed E-state index contributed by atoms with van der Waals surface area (Å²) in [6, 6.07) is 6.84. The highest BCUT2D eigenvalue weighted by molar-refractivity contribution is 7.17. The lowest BCUT2D eigenvalue weighted by Gasteiger charge is -2.33. The molecule has 1 aromatic heterocycles. The molecule has 0 radical (unpaired) electrons. The van der Waals surface area contributed by atoms with Crippen molar-refractivity contribution in [2.75, 3.05) is 17.2 Å². The van der Waals surface area contributed by atoms with Crippen LogP contribution in [0.4, 0.5) is 23.9 Å². The summed E-state index contributed by atoms with van der Waals surface area (Å²) in [6.45, 7) is 8.58. The minimum Gasteiger partial charge on any atom is -0.492 e. The van der Waals surface area contributed by atoms with E-state index in [0.29, 0.717) is 42.4 Å². The van der Waals surface area contributed by atoms with Gasteiger partial charge in [-0.1, -0.05) is 32.9 Å². The molecule has 0 saturated heterocycles. The monoisotopic (exact) mass is 468 g/mol. The van der Waals surface area contributed by atoms with Gasteiger partial charge in [-0.15, -0.1) is 11.3 Å². The summed E-state index contributed by atoms with van der Waals surface area (Å²) >= 11 is 1.06. The van der Waals surface area contributed by atoms with Gasteiger partial charge >= 0.3 is 12.1 Å². The molecule has 0 spiro atoms. The van der Waals surface area contributed by atoms with E-state index in [1.807, 2.05) is 12.2 Å². The highest BCUT2D eigenvalue weighted by Crippen LogP contribution is 2.45. The molecule has 0 fully saturated rings. The maximum absolute atomic E-state index is 13.2. The molecule has 1 aliphatic rings. The van der Waals surface area contributed by atoms with E-state index in [0.717, 1.165) is 22.6 Å². The molecule has 0 saturated carbocycles. The smallest absolute Gasteiger partial charge is 0.471 e. The van der Waals surface area contributed by atoms with Gasteiger partial charge in [-0.25, -0.2) is 0 Å². The first-order valence-electron chi connectivity index (χ1n) is 10.5. The van der Waals surface area contributed by atoms with E-state index < -0.39 is 18.0 Å². The minimum atomic E-state index is -5.05. The van der Waals surface area contributed by atoms with Crippen LogP contribution < -0.4 is 15.4 Å². The molecule has 9 heteroatoms. The number of amides is 2. The van der Waals surface area contributed by atoms with Gasteiger partial charge in [0.1, 0.15) is 10.8 Å². The summed E-state index contributed by atoms with van der Waals surface area (Å²) in [4.78, 5) is 25.7. The summed E-state index contributed by atoms with van der Waals surface area (Å²) < 4.78 is 44.3. The number of hydrogen-bond acceptors (Lipinski definition) is 4. The van der Waals surface area contributed by atoms with Crippen molar-refractivity contribution in [3.8, 4) is 5.75 Å². The predicted octanol–water partition coefficient (Wildman–Crippen LogP) is 6.05. The second-order valence-electron chi connectivity index (χ2n) is 8.85. The number of thiophene rings is 1. The number of alkyl halides is 3. The predicted molar refractivity (Wildman–Crippen MR) is 120 cm³/mol. The Bertz CT molecular complexity index is 1010. The minimum absolute atomic E-state index is 0.0237. The van der Waals surface area contributed by atoms with Crippen LogP contribution in [0.15, 0.2) is 24.3 Å². The van der Waals surface area contributed by atoms with E-state index in [1.165, 1.54) is 0 Å². The Morgan fingerprint density at radius 2 is 1.84 bits per heavy atom. The maximum Gasteiger partial charge on any atom is 0.471 e. The highest BCUT2D eigenvalue weighted by Gasteiger charge is 2.41. The Balaban J connectivity index is 1.99. The molecule has 3 rings (SSSR count). The first kappa shape index (κ1) is 24.1. The Morgan fingerprint density at radius 3 is 2.47 bits per heavy atom. The molecule has 1 aromatic carbocycles. The standard InChI is InChI=1S/C23H27F3N2O3S/c1-5-31-16-9-7-6-8-15(16)27-19(29)18-14-11-10-13(22(2,3)4)12-17(14)32-20(18)28-21(30)23(24,25)26/h6-9,13H,5,10-12H2,1-4H3,(H,27,29)(H,28,30)/t13-/m0/s1. The molecule has 174 valence electrons. The molecular weight excluding hydrogens is 441 g/mol. The van der Waals surface area contributed by atoms with Gasteiger partial charge in [0.05, 0.1) is 17.9 Å². The number of carbonyl (C=O) groups excluding carboxylic acids is 2. The first-order chi connectivity index (χ1) is 14.9. The average molecular weight is 469 g/mol. The maximum atomic E-state index is 13.2. The lowest BCUT2D eigenvalue weighted by atomic mass is 9.72. The molecule has 2 N–H and O–H groups in total. The zero-order valence-corrected chi connectivity index (χ0v) is 19.3. The second kappa shape index (κ2) is 9.13. The summed E-state index contributed by atoms with van der Waals surface area (Å²) in [5.74, 6) is -1.87. The van der Waals surface area contributed by atoms with Gasteiger partial charge in [0.25, 0.3) is 5.91 Å². The number of rotatable bonds is 5. The SMILES string of the molecule is CCOc1ccccc1NC(=O)c1c(NC(=O)C(F)(F)F)sc2c1CC[C@H](C(C)(C)C)C2. The van der Waals surface area contributed by atoms with Crippen molar-refractivity contribution >= 4 is 33.8 Å². The molecule has 5 nitrogen and oxygen atoms in total. The Morgan fingerprint density at radius 1 is 1.16 bits per heavy atom. The van der Waals surface area contributed by atoms with Gasteiger partial charge < -0.3 is 15.4 Å². The van der Waals surface area contributed by atoms with Crippen LogP contribution in [0.5, 0.6) is 5.75 Å². The topological polar surface area (TPSA) is 67.4 Å². The van der Waals surface area contributed by atoms with Crippen molar-refractivity contribution in [3.05, 3.63) is 40.3 Å². The number of benzene rings is 1. The summed E-state index contributed by atoms with van der Waals surface area (Å²) in [5, 5.41) is 4.61. The Labute approximate surface area is 189 Å². The number of para-hydroxylation sites is 2. The number of nitrogens with one attached hydrogen (secondary N) is 2. The normalized spacial score (nSPS) is 16.3. The lowest BCUT2D eigenvalue weighted by Crippen LogP contribution is -2.30. The third-order valence-corrected chi connectivity index (χ3v) is 6.81. The van der Waals surface area contributed by atoms with Crippen LogP contribution in [-0.4, -0.2) is 24.6 Å². The van der Waals surface area contributed by atoms with Crippen molar-refractivity contribution in [1.29, 1.82) is 0 Å². The molecule has 32 heavy (non-hydrogen) atoms. The molecule has 0 bridgehead atoms. The number of halogens is 3. The van der Waals surface area contributed by atoms with E-state index >= 15 is 0 Å². The molecule has 2 aromatic rings. The molecule has 1 aliphatic carbocycles. The van der Waals surface area contributed by atoms with Crippen LogP contribution in [-0.2, 0) is 17.6 Å². The number of anilines is 2. The van der Waals surface area contributed by atoms with E-state index in [-0.39, 0.29) is 16.0 Å².